The van der Waals surface area contributed by atoms with Crippen molar-refractivity contribution in [2.45, 2.75) is 26.9 Å². The van der Waals surface area contributed by atoms with E-state index in [-0.39, 0.29) is 0 Å². The molecule has 0 saturated heterocycles. The van der Waals surface area contributed by atoms with Crippen LogP contribution in [0, 0.1) is 13.8 Å². The third-order valence-corrected chi connectivity index (χ3v) is 3.61. The minimum atomic E-state index is 0.895. The molecule has 0 atom stereocenters. The molecule has 0 heterocycles. The van der Waals surface area contributed by atoms with Crippen molar-refractivity contribution in [1.29, 1.82) is 0 Å². The van der Waals surface area contributed by atoms with Crippen molar-refractivity contribution in [3.8, 4) is 0 Å². The lowest BCUT2D eigenvalue weighted by Crippen LogP contribution is -2.12. The summed E-state index contributed by atoms with van der Waals surface area (Å²) in [6.45, 7) is 6.11. The molecule has 0 fully saturated rings. The highest BCUT2D eigenvalue weighted by molar-refractivity contribution is 9.10. The minimum Gasteiger partial charge on any atom is -0.309 e. The quantitative estimate of drug-likeness (QED) is 0.885. The highest BCUT2D eigenvalue weighted by atomic mass is 79.9. The van der Waals surface area contributed by atoms with E-state index in [1.54, 1.807) is 0 Å². The molecule has 0 amide bonds. The Balaban J connectivity index is 1.90. The molecule has 0 aliphatic carbocycles. The summed E-state index contributed by atoms with van der Waals surface area (Å²) in [4.78, 5) is 0. The van der Waals surface area contributed by atoms with Gasteiger partial charge in [0.15, 0.2) is 0 Å². The van der Waals surface area contributed by atoms with Crippen molar-refractivity contribution in [3.63, 3.8) is 0 Å². The molecule has 18 heavy (non-hydrogen) atoms. The van der Waals surface area contributed by atoms with Gasteiger partial charge in [0.1, 0.15) is 0 Å². The number of aryl methyl sites for hydroxylation is 2. The molecule has 0 aliphatic heterocycles. The van der Waals surface area contributed by atoms with E-state index < -0.39 is 0 Å². The zero-order valence-electron chi connectivity index (χ0n) is 10.8. The maximum absolute atomic E-state index is 3.49. The van der Waals surface area contributed by atoms with Crippen molar-refractivity contribution >= 4 is 15.9 Å². The van der Waals surface area contributed by atoms with E-state index >= 15 is 0 Å². The Bertz CT molecular complexity index is 534. The van der Waals surface area contributed by atoms with Gasteiger partial charge in [0.25, 0.3) is 0 Å². The average Bonchev–Trinajstić information content (AvgIpc) is 2.34. The molecular formula is C16H18BrN. The highest BCUT2D eigenvalue weighted by Crippen LogP contribution is 2.12. The lowest BCUT2D eigenvalue weighted by Gasteiger charge is -2.07. The number of hydrogen-bond acceptors (Lipinski definition) is 1. The first-order chi connectivity index (χ1) is 8.65. The summed E-state index contributed by atoms with van der Waals surface area (Å²) in [7, 11) is 0. The Morgan fingerprint density at radius 2 is 1.61 bits per heavy atom. The van der Waals surface area contributed by atoms with Crippen molar-refractivity contribution in [3.05, 3.63) is 69.2 Å². The van der Waals surface area contributed by atoms with Gasteiger partial charge in [0.05, 0.1) is 0 Å². The van der Waals surface area contributed by atoms with E-state index in [0.717, 1.165) is 17.6 Å². The molecule has 2 aromatic carbocycles. The van der Waals surface area contributed by atoms with E-state index in [2.05, 4.69) is 71.5 Å². The predicted molar refractivity (Wildman–Crippen MR) is 80.6 cm³/mol. The van der Waals surface area contributed by atoms with Crippen molar-refractivity contribution in [2.24, 2.45) is 0 Å². The lowest BCUT2D eigenvalue weighted by molar-refractivity contribution is 0.692. The second-order valence-electron chi connectivity index (χ2n) is 4.65. The Morgan fingerprint density at radius 1 is 0.889 bits per heavy atom. The molecule has 0 saturated carbocycles. The van der Waals surface area contributed by atoms with Crippen LogP contribution in [0.1, 0.15) is 22.3 Å². The zero-order valence-corrected chi connectivity index (χ0v) is 12.4. The predicted octanol–water partition coefficient (Wildman–Crippen LogP) is 4.36. The molecule has 0 aromatic heterocycles. The fraction of sp³-hybridized carbons (Fsp3) is 0.250. The van der Waals surface area contributed by atoms with Gasteiger partial charge in [0.2, 0.25) is 0 Å². The maximum Gasteiger partial charge on any atom is 0.0209 e. The fourth-order valence-electron chi connectivity index (χ4n) is 1.91. The summed E-state index contributed by atoms with van der Waals surface area (Å²) in [5.74, 6) is 0. The van der Waals surface area contributed by atoms with Crippen LogP contribution in [0.3, 0.4) is 0 Å². The fourth-order valence-corrected chi connectivity index (χ4v) is 2.36. The first-order valence-electron chi connectivity index (χ1n) is 6.16. The molecule has 1 nitrogen and oxygen atoms in total. The molecule has 0 unspecified atom stereocenters. The Hall–Kier alpha value is -1.12. The van der Waals surface area contributed by atoms with Gasteiger partial charge >= 0.3 is 0 Å². The van der Waals surface area contributed by atoms with E-state index in [4.69, 9.17) is 0 Å². The second-order valence-corrected chi connectivity index (χ2v) is 5.57. The summed E-state index contributed by atoms with van der Waals surface area (Å²) >= 11 is 3.49. The lowest BCUT2D eigenvalue weighted by atomic mass is 10.1. The summed E-state index contributed by atoms with van der Waals surface area (Å²) in [5, 5.41) is 3.47. The number of rotatable bonds is 4. The number of hydrogen-bond donors (Lipinski definition) is 1. The van der Waals surface area contributed by atoms with Gasteiger partial charge in [-0.15, -0.1) is 0 Å². The van der Waals surface area contributed by atoms with Crippen LogP contribution in [0.2, 0.25) is 0 Å². The highest BCUT2D eigenvalue weighted by Gasteiger charge is 1.97. The van der Waals surface area contributed by atoms with Crippen LogP contribution in [0.15, 0.2) is 46.9 Å². The van der Waals surface area contributed by atoms with Crippen LogP contribution in [0.25, 0.3) is 0 Å². The SMILES string of the molecule is Cc1ccc(CNCc2cccc(Br)c2)cc1C. The smallest absolute Gasteiger partial charge is 0.0209 e. The minimum absolute atomic E-state index is 0.895. The molecule has 0 bridgehead atoms. The summed E-state index contributed by atoms with van der Waals surface area (Å²) in [6, 6.07) is 15.0. The molecule has 2 rings (SSSR count). The Kier molecular flexibility index (Phi) is 4.56. The molecule has 0 radical (unpaired) electrons. The molecule has 2 heteroatoms. The molecule has 0 aliphatic rings. The average molecular weight is 304 g/mol. The third kappa shape index (κ3) is 3.69. The molecule has 1 N–H and O–H groups in total. The normalized spacial score (nSPS) is 10.6. The monoisotopic (exact) mass is 303 g/mol. The van der Waals surface area contributed by atoms with E-state index in [9.17, 15) is 0 Å². The van der Waals surface area contributed by atoms with Gasteiger partial charge in [0, 0.05) is 17.6 Å². The van der Waals surface area contributed by atoms with Gasteiger partial charge in [-0.05, 0) is 48.2 Å². The van der Waals surface area contributed by atoms with Gasteiger partial charge < -0.3 is 5.32 Å². The van der Waals surface area contributed by atoms with Crippen LogP contribution in [0.4, 0.5) is 0 Å². The summed E-state index contributed by atoms with van der Waals surface area (Å²) in [6.07, 6.45) is 0. The zero-order chi connectivity index (χ0) is 13.0. The molecule has 0 spiro atoms. The topological polar surface area (TPSA) is 12.0 Å². The van der Waals surface area contributed by atoms with Crippen LogP contribution in [-0.4, -0.2) is 0 Å². The number of halogens is 1. The molecular weight excluding hydrogens is 286 g/mol. The van der Waals surface area contributed by atoms with Gasteiger partial charge in [-0.2, -0.15) is 0 Å². The first kappa shape index (κ1) is 13.3. The van der Waals surface area contributed by atoms with Crippen LogP contribution >= 0.6 is 15.9 Å². The van der Waals surface area contributed by atoms with E-state index in [0.29, 0.717) is 0 Å². The van der Waals surface area contributed by atoms with Crippen LogP contribution in [-0.2, 0) is 13.1 Å². The van der Waals surface area contributed by atoms with Crippen LogP contribution in [0.5, 0.6) is 0 Å². The third-order valence-electron chi connectivity index (χ3n) is 3.12. The number of nitrogens with one attached hydrogen (secondary N) is 1. The molecule has 94 valence electrons. The van der Waals surface area contributed by atoms with Crippen molar-refractivity contribution < 1.29 is 0 Å². The van der Waals surface area contributed by atoms with Crippen molar-refractivity contribution in [1.82, 2.24) is 5.32 Å². The second kappa shape index (κ2) is 6.17. The summed E-state index contributed by atoms with van der Waals surface area (Å²) in [5.41, 5.74) is 5.35. The standard InChI is InChI=1S/C16H18BrN/c1-12-6-7-15(8-13(12)2)11-18-10-14-4-3-5-16(17)9-14/h3-9,18H,10-11H2,1-2H3. The maximum atomic E-state index is 3.49. The van der Waals surface area contributed by atoms with Crippen molar-refractivity contribution in [2.75, 3.05) is 0 Å². The summed E-state index contributed by atoms with van der Waals surface area (Å²) < 4.78 is 1.13. The number of benzene rings is 2. The Labute approximate surface area is 117 Å². The van der Waals surface area contributed by atoms with E-state index in [1.165, 1.54) is 22.3 Å². The van der Waals surface area contributed by atoms with Gasteiger partial charge in [-0.3, -0.25) is 0 Å². The Morgan fingerprint density at radius 3 is 2.28 bits per heavy atom. The van der Waals surface area contributed by atoms with Crippen LogP contribution < -0.4 is 5.32 Å². The molecule has 2 aromatic rings. The largest absolute Gasteiger partial charge is 0.309 e. The van der Waals surface area contributed by atoms with Gasteiger partial charge in [-0.1, -0.05) is 46.3 Å². The first-order valence-corrected chi connectivity index (χ1v) is 6.96. The van der Waals surface area contributed by atoms with Gasteiger partial charge in [-0.25, -0.2) is 0 Å². The van der Waals surface area contributed by atoms with E-state index in [1.807, 2.05) is 6.07 Å².